The largest absolute Gasteiger partial charge is 0.573 e. The molecule has 5 rings (SSSR count). The van der Waals surface area contributed by atoms with Gasteiger partial charge in [-0.1, -0.05) is 42.5 Å². The Morgan fingerprint density at radius 2 is 1.58 bits per heavy atom. The van der Waals surface area contributed by atoms with Crippen molar-refractivity contribution in [1.82, 2.24) is 4.57 Å². The van der Waals surface area contributed by atoms with E-state index in [-0.39, 0.29) is 12.3 Å². The van der Waals surface area contributed by atoms with Crippen molar-refractivity contribution in [1.29, 1.82) is 0 Å². The third-order valence-electron chi connectivity index (χ3n) is 6.05. The fourth-order valence-corrected chi connectivity index (χ4v) is 4.51. The molecule has 0 saturated heterocycles. The second kappa shape index (κ2) is 8.96. The molecule has 0 spiro atoms. The van der Waals surface area contributed by atoms with Gasteiger partial charge in [-0.3, -0.25) is 4.79 Å². The Kier molecular flexibility index (Phi) is 5.80. The number of aromatic nitrogens is 1. The number of nitrogens with two attached hydrogens (primary N) is 1. The van der Waals surface area contributed by atoms with Crippen molar-refractivity contribution < 1.29 is 27.4 Å². The summed E-state index contributed by atoms with van der Waals surface area (Å²) in [5, 5.41) is 1.52. The van der Waals surface area contributed by atoms with Crippen LogP contribution in [0.5, 0.6) is 11.5 Å². The quantitative estimate of drug-likeness (QED) is 0.295. The van der Waals surface area contributed by atoms with Crippen LogP contribution in [0.1, 0.15) is 15.9 Å². The highest BCUT2D eigenvalue weighted by molar-refractivity contribution is 6.18. The third-order valence-corrected chi connectivity index (χ3v) is 6.05. The van der Waals surface area contributed by atoms with Crippen LogP contribution in [0.4, 0.5) is 13.2 Å². The first kappa shape index (κ1) is 23.3. The van der Waals surface area contributed by atoms with Crippen LogP contribution in [0.25, 0.3) is 32.9 Å². The molecule has 36 heavy (non-hydrogen) atoms. The van der Waals surface area contributed by atoms with Crippen LogP contribution >= 0.6 is 0 Å². The number of alkyl halides is 3. The smallest absolute Gasteiger partial charge is 0.497 e. The summed E-state index contributed by atoms with van der Waals surface area (Å²) in [6, 6.07) is 24.7. The monoisotopic (exact) mass is 490 g/mol. The number of benzene rings is 4. The Bertz CT molecular complexity index is 1590. The van der Waals surface area contributed by atoms with Crippen LogP contribution in [0.15, 0.2) is 84.9 Å². The first-order valence-electron chi connectivity index (χ1n) is 11.1. The number of primary amides is 1. The zero-order valence-electron chi connectivity index (χ0n) is 19.2. The summed E-state index contributed by atoms with van der Waals surface area (Å²) in [6.45, 7) is 0.253. The van der Waals surface area contributed by atoms with Gasteiger partial charge in [-0.25, -0.2) is 0 Å². The van der Waals surface area contributed by atoms with E-state index in [0.29, 0.717) is 16.5 Å². The molecule has 0 fully saturated rings. The average molecular weight is 490 g/mol. The summed E-state index contributed by atoms with van der Waals surface area (Å²) in [6.07, 6.45) is -4.78. The van der Waals surface area contributed by atoms with Gasteiger partial charge in [0.05, 0.1) is 18.1 Å². The molecule has 1 amide bonds. The molecule has 4 aromatic carbocycles. The van der Waals surface area contributed by atoms with Gasteiger partial charge in [0.15, 0.2) is 0 Å². The lowest BCUT2D eigenvalue weighted by molar-refractivity contribution is -0.274. The molecular weight excluding hydrogens is 469 g/mol. The number of carbonyl (C=O) groups is 1. The minimum atomic E-state index is -4.78. The molecule has 5 nitrogen and oxygen atoms in total. The molecule has 5 aromatic rings. The highest BCUT2D eigenvalue weighted by Crippen LogP contribution is 2.35. The molecule has 1 heterocycles. The van der Waals surface area contributed by atoms with E-state index in [9.17, 15) is 18.0 Å². The summed E-state index contributed by atoms with van der Waals surface area (Å²) >= 11 is 0. The molecule has 0 radical (unpaired) electrons. The predicted octanol–water partition coefficient (Wildman–Crippen LogP) is 6.52. The van der Waals surface area contributed by atoms with Crippen LogP contribution in [0, 0.1) is 0 Å². The predicted molar refractivity (Wildman–Crippen MR) is 132 cm³/mol. The molecule has 0 aliphatic carbocycles. The van der Waals surface area contributed by atoms with Gasteiger partial charge in [-0.2, -0.15) is 0 Å². The van der Waals surface area contributed by atoms with Gasteiger partial charge in [-0.15, -0.1) is 13.2 Å². The van der Waals surface area contributed by atoms with Gasteiger partial charge in [-0.05, 0) is 59.2 Å². The van der Waals surface area contributed by atoms with Crippen molar-refractivity contribution in [2.45, 2.75) is 12.9 Å². The van der Waals surface area contributed by atoms with E-state index >= 15 is 0 Å². The number of rotatable bonds is 6. The van der Waals surface area contributed by atoms with Gasteiger partial charge < -0.3 is 19.8 Å². The molecule has 0 unspecified atom stereocenters. The molecule has 0 atom stereocenters. The Morgan fingerprint density at radius 3 is 2.28 bits per heavy atom. The van der Waals surface area contributed by atoms with Gasteiger partial charge in [0.1, 0.15) is 11.5 Å². The number of carbonyl (C=O) groups excluding carboxylic acids is 1. The summed E-state index contributed by atoms with van der Waals surface area (Å²) < 4.78 is 49.6. The number of hydrogen-bond donors (Lipinski definition) is 1. The zero-order valence-corrected chi connectivity index (χ0v) is 19.2. The van der Waals surface area contributed by atoms with E-state index in [1.807, 2.05) is 53.1 Å². The number of methoxy groups -OCH3 is 1. The van der Waals surface area contributed by atoms with E-state index < -0.39 is 12.3 Å². The lowest BCUT2D eigenvalue weighted by atomic mass is 10.0. The standard InChI is InChI=1S/C28H21F3N2O3/c1-35-20-11-8-18(9-12-20)19-10-13-22-25(15-19)33(24-7-3-6-23(26(22)24)27(32)34)16-17-4-2-5-21(14-17)36-28(29,30)31/h2-15H,16H2,1H3,(H2,32,34). The van der Waals surface area contributed by atoms with Crippen molar-refractivity contribution >= 4 is 27.7 Å². The average Bonchev–Trinajstić information content (AvgIpc) is 3.16. The number of nitrogens with zero attached hydrogens (tertiary/aromatic N) is 1. The van der Waals surface area contributed by atoms with E-state index in [1.54, 1.807) is 25.3 Å². The highest BCUT2D eigenvalue weighted by Gasteiger charge is 2.31. The molecule has 0 saturated carbocycles. The van der Waals surface area contributed by atoms with Crippen molar-refractivity contribution in [3.63, 3.8) is 0 Å². The molecule has 8 heteroatoms. The third kappa shape index (κ3) is 4.45. The molecular formula is C28H21F3N2O3. The molecule has 182 valence electrons. The van der Waals surface area contributed by atoms with Crippen LogP contribution in [-0.4, -0.2) is 23.9 Å². The summed E-state index contributed by atoms with van der Waals surface area (Å²) in [5.41, 5.74) is 10.1. The normalized spacial score (nSPS) is 11.7. The maximum Gasteiger partial charge on any atom is 0.573 e. The van der Waals surface area contributed by atoms with Gasteiger partial charge >= 0.3 is 6.36 Å². The SMILES string of the molecule is COc1ccc(-c2ccc3c4c(C(N)=O)cccc4n(Cc4cccc(OC(F)(F)F)c4)c3c2)cc1. The lowest BCUT2D eigenvalue weighted by Gasteiger charge is -2.12. The molecule has 1 aromatic heterocycles. The van der Waals surface area contributed by atoms with Crippen LogP contribution in [-0.2, 0) is 6.54 Å². The number of halogens is 3. The molecule has 0 aliphatic rings. The minimum absolute atomic E-state index is 0.253. The maximum atomic E-state index is 12.8. The van der Waals surface area contributed by atoms with Crippen LogP contribution in [0.3, 0.4) is 0 Å². The van der Waals surface area contributed by atoms with E-state index in [2.05, 4.69) is 4.74 Å². The summed E-state index contributed by atoms with van der Waals surface area (Å²) in [7, 11) is 1.60. The fraction of sp³-hybridized carbons (Fsp3) is 0.107. The second-order valence-corrected chi connectivity index (χ2v) is 8.31. The molecule has 0 bridgehead atoms. The van der Waals surface area contributed by atoms with Crippen LogP contribution < -0.4 is 15.2 Å². The minimum Gasteiger partial charge on any atom is -0.497 e. The molecule has 2 N–H and O–H groups in total. The zero-order chi connectivity index (χ0) is 25.4. The lowest BCUT2D eigenvalue weighted by Crippen LogP contribution is -2.17. The van der Waals surface area contributed by atoms with Crippen molar-refractivity contribution in [3.05, 3.63) is 96.1 Å². The highest BCUT2D eigenvalue weighted by atomic mass is 19.4. The van der Waals surface area contributed by atoms with Gasteiger partial charge in [0.25, 0.3) is 0 Å². The van der Waals surface area contributed by atoms with Gasteiger partial charge in [0, 0.05) is 22.9 Å². The second-order valence-electron chi connectivity index (χ2n) is 8.31. The Morgan fingerprint density at radius 1 is 0.861 bits per heavy atom. The molecule has 0 aliphatic heterocycles. The first-order chi connectivity index (χ1) is 17.2. The summed E-state index contributed by atoms with van der Waals surface area (Å²) in [4.78, 5) is 12.2. The number of ether oxygens (including phenoxy) is 2. The Labute approximate surface area is 204 Å². The van der Waals surface area contributed by atoms with Crippen molar-refractivity contribution in [2.24, 2.45) is 5.73 Å². The van der Waals surface area contributed by atoms with Crippen LogP contribution in [0.2, 0.25) is 0 Å². The Hall–Kier alpha value is -4.46. The maximum absolute atomic E-state index is 12.8. The number of amides is 1. The topological polar surface area (TPSA) is 66.5 Å². The summed E-state index contributed by atoms with van der Waals surface area (Å²) in [5.74, 6) is -0.113. The Balaban J connectivity index is 1.69. The first-order valence-corrected chi connectivity index (χ1v) is 11.1. The van der Waals surface area contributed by atoms with E-state index in [1.165, 1.54) is 18.2 Å². The van der Waals surface area contributed by atoms with Gasteiger partial charge in [0.2, 0.25) is 5.91 Å². The van der Waals surface area contributed by atoms with Crippen molar-refractivity contribution in [3.8, 4) is 22.6 Å². The number of hydrogen-bond acceptors (Lipinski definition) is 3. The number of fused-ring (bicyclic) bond motifs is 3. The van der Waals surface area contributed by atoms with Crippen molar-refractivity contribution in [2.75, 3.05) is 7.11 Å². The van der Waals surface area contributed by atoms with E-state index in [4.69, 9.17) is 10.5 Å². The van der Waals surface area contributed by atoms with E-state index in [0.717, 1.165) is 33.3 Å². The fourth-order valence-electron chi connectivity index (χ4n) is 4.51.